The van der Waals surface area contributed by atoms with Crippen molar-refractivity contribution in [2.45, 2.75) is 6.54 Å². The first-order valence-corrected chi connectivity index (χ1v) is 4.31. The number of hydrogen-bond donors (Lipinski definition) is 1. The van der Waals surface area contributed by atoms with E-state index in [9.17, 15) is 8.78 Å². The number of ether oxygens (including phenoxy) is 1. The molecule has 0 aliphatic rings. The molecular weight excluding hydrogens is 244 g/mol. The van der Waals surface area contributed by atoms with Gasteiger partial charge in [0.15, 0.2) is 0 Å². The largest absolute Gasteiger partial charge is 0.496 e. The Kier molecular flexibility index (Phi) is 3.22. The summed E-state index contributed by atoms with van der Waals surface area (Å²) in [4.78, 5) is 0. The Balaban J connectivity index is 3.39. The summed E-state index contributed by atoms with van der Waals surface area (Å²) in [5, 5.41) is 0. The first-order chi connectivity index (χ1) is 6.11. The molecule has 0 saturated carbocycles. The van der Waals surface area contributed by atoms with Gasteiger partial charge in [-0.25, -0.2) is 8.78 Å². The molecule has 13 heavy (non-hydrogen) atoms. The maximum absolute atomic E-state index is 13.3. The van der Waals surface area contributed by atoms with Crippen molar-refractivity contribution in [2.75, 3.05) is 7.11 Å². The molecule has 2 nitrogen and oxygen atoms in total. The number of hydrogen-bond acceptors (Lipinski definition) is 2. The molecule has 1 aromatic carbocycles. The lowest BCUT2D eigenvalue weighted by Crippen LogP contribution is -2.04. The Morgan fingerprint density at radius 1 is 1.54 bits per heavy atom. The average molecular weight is 252 g/mol. The van der Waals surface area contributed by atoms with Crippen molar-refractivity contribution >= 4 is 15.9 Å². The van der Waals surface area contributed by atoms with Gasteiger partial charge < -0.3 is 10.5 Å². The Morgan fingerprint density at radius 3 is 2.62 bits per heavy atom. The highest BCUT2D eigenvalue weighted by Crippen LogP contribution is 2.29. The molecule has 0 fully saturated rings. The summed E-state index contributed by atoms with van der Waals surface area (Å²) in [5.74, 6) is -1.29. The van der Waals surface area contributed by atoms with Crippen molar-refractivity contribution < 1.29 is 13.5 Å². The normalized spacial score (nSPS) is 10.2. The maximum atomic E-state index is 13.3. The standard InChI is InChI=1S/C8H8BrF2NO/c1-13-6-2-5(10)7(9)8(11)4(6)3-12/h2H,3,12H2,1H3. The number of methoxy groups -OCH3 is 1. The summed E-state index contributed by atoms with van der Waals surface area (Å²) in [6.45, 7) is -0.0338. The van der Waals surface area contributed by atoms with E-state index in [4.69, 9.17) is 10.5 Å². The summed E-state index contributed by atoms with van der Waals surface area (Å²) in [6.07, 6.45) is 0. The van der Waals surface area contributed by atoms with Crippen LogP contribution >= 0.6 is 15.9 Å². The van der Waals surface area contributed by atoms with Crippen LogP contribution in [0.2, 0.25) is 0 Å². The van der Waals surface area contributed by atoms with E-state index in [2.05, 4.69) is 15.9 Å². The van der Waals surface area contributed by atoms with Crippen LogP contribution in [0, 0.1) is 11.6 Å². The van der Waals surface area contributed by atoms with Crippen molar-refractivity contribution in [3.05, 3.63) is 27.7 Å². The summed E-state index contributed by atoms with van der Waals surface area (Å²) in [6, 6.07) is 1.09. The predicted molar refractivity (Wildman–Crippen MR) is 48.5 cm³/mol. The number of halogens is 3. The summed E-state index contributed by atoms with van der Waals surface area (Å²) >= 11 is 2.77. The molecule has 0 bridgehead atoms. The first kappa shape index (κ1) is 10.4. The van der Waals surface area contributed by atoms with Gasteiger partial charge in [0.2, 0.25) is 0 Å². The average Bonchev–Trinajstić information content (AvgIpc) is 2.13. The summed E-state index contributed by atoms with van der Waals surface area (Å²) in [5.41, 5.74) is 5.45. The van der Waals surface area contributed by atoms with Crippen molar-refractivity contribution in [1.29, 1.82) is 0 Å². The van der Waals surface area contributed by atoms with Crippen LogP contribution in [-0.2, 0) is 6.54 Å². The van der Waals surface area contributed by atoms with Crippen LogP contribution in [0.4, 0.5) is 8.78 Å². The molecule has 2 N–H and O–H groups in total. The van der Waals surface area contributed by atoms with Crippen molar-refractivity contribution in [2.24, 2.45) is 5.73 Å². The van der Waals surface area contributed by atoms with Gasteiger partial charge in [0.25, 0.3) is 0 Å². The van der Waals surface area contributed by atoms with Gasteiger partial charge in [-0.3, -0.25) is 0 Å². The van der Waals surface area contributed by atoms with Crippen LogP contribution in [0.15, 0.2) is 10.5 Å². The van der Waals surface area contributed by atoms with Gasteiger partial charge in [-0.15, -0.1) is 0 Å². The third-order valence-electron chi connectivity index (χ3n) is 1.65. The zero-order chi connectivity index (χ0) is 10.0. The topological polar surface area (TPSA) is 35.2 Å². The minimum absolute atomic E-state index is 0.0338. The maximum Gasteiger partial charge on any atom is 0.148 e. The van der Waals surface area contributed by atoms with Gasteiger partial charge in [0.05, 0.1) is 11.6 Å². The smallest absolute Gasteiger partial charge is 0.148 e. The second kappa shape index (κ2) is 4.02. The third kappa shape index (κ3) is 1.81. The summed E-state index contributed by atoms with van der Waals surface area (Å²) in [7, 11) is 1.33. The van der Waals surface area contributed by atoms with Crippen LogP contribution in [0.3, 0.4) is 0 Å². The van der Waals surface area contributed by atoms with Gasteiger partial charge in [-0.1, -0.05) is 0 Å². The van der Waals surface area contributed by atoms with Crippen LogP contribution in [0.25, 0.3) is 0 Å². The molecule has 0 heterocycles. The van der Waals surface area contributed by atoms with E-state index < -0.39 is 11.6 Å². The Hall–Kier alpha value is -0.680. The molecule has 5 heteroatoms. The molecule has 0 aliphatic carbocycles. The zero-order valence-electron chi connectivity index (χ0n) is 6.90. The monoisotopic (exact) mass is 251 g/mol. The molecule has 0 aliphatic heterocycles. The van der Waals surface area contributed by atoms with E-state index in [1.54, 1.807) is 0 Å². The van der Waals surface area contributed by atoms with Gasteiger partial charge in [-0.05, 0) is 15.9 Å². The van der Waals surface area contributed by atoms with Gasteiger partial charge >= 0.3 is 0 Å². The fourth-order valence-electron chi connectivity index (χ4n) is 0.983. The molecule has 0 aromatic heterocycles. The van der Waals surface area contributed by atoms with E-state index in [0.717, 1.165) is 6.07 Å². The Labute approximate surface area is 82.8 Å². The fourth-order valence-corrected chi connectivity index (χ4v) is 1.34. The summed E-state index contributed by atoms with van der Waals surface area (Å²) < 4.78 is 30.8. The second-order valence-corrected chi connectivity index (χ2v) is 3.16. The predicted octanol–water partition coefficient (Wildman–Crippen LogP) is 2.19. The van der Waals surface area contributed by atoms with Crippen molar-refractivity contribution in [3.63, 3.8) is 0 Å². The molecule has 0 spiro atoms. The third-order valence-corrected chi connectivity index (χ3v) is 2.37. The van der Waals surface area contributed by atoms with Crippen LogP contribution in [-0.4, -0.2) is 7.11 Å². The van der Waals surface area contributed by atoms with Crippen LogP contribution in [0.5, 0.6) is 5.75 Å². The van der Waals surface area contributed by atoms with Crippen molar-refractivity contribution in [3.8, 4) is 5.75 Å². The number of rotatable bonds is 2. The van der Waals surface area contributed by atoms with E-state index in [-0.39, 0.29) is 22.3 Å². The molecule has 1 rings (SSSR count). The molecule has 0 radical (unpaired) electrons. The second-order valence-electron chi connectivity index (χ2n) is 2.37. The molecule has 0 atom stereocenters. The lowest BCUT2D eigenvalue weighted by molar-refractivity contribution is 0.399. The highest BCUT2D eigenvalue weighted by molar-refractivity contribution is 9.10. The molecule has 0 saturated heterocycles. The zero-order valence-corrected chi connectivity index (χ0v) is 8.49. The van der Waals surface area contributed by atoms with Crippen molar-refractivity contribution in [1.82, 2.24) is 0 Å². The van der Waals surface area contributed by atoms with Crippen LogP contribution < -0.4 is 10.5 Å². The lowest BCUT2D eigenvalue weighted by Gasteiger charge is -2.09. The highest BCUT2D eigenvalue weighted by Gasteiger charge is 2.15. The quantitative estimate of drug-likeness (QED) is 0.819. The van der Waals surface area contributed by atoms with E-state index in [1.807, 2.05) is 0 Å². The molecular formula is C8H8BrF2NO. The fraction of sp³-hybridized carbons (Fsp3) is 0.250. The molecule has 1 aromatic rings. The number of nitrogens with two attached hydrogens (primary N) is 1. The minimum Gasteiger partial charge on any atom is -0.496 e. The Bertz CT molecular complexity index is 330. The number of benzene rings is 1. The van der Waals surface area contributed by atoms with Gasteiger partial charge in [0.1, 0.15) is 17.4 Å². The highest BCUT2D eigenvalue weighted by atomic mass is 79.9. The SMILES string of the molecule is COc1cc(F)c(Br)c(F)c1CN. The molecule has 72 valence electrons. The van der Waals surface area contributed by atoms with E-state index in [0.29, 0.717) is 0 Å². The Morgan fingerprint density at radius 2 is 2.15 bits per heavy atom. The van der Waals surface area contributed by atoms with Crippen LogP contribution in [0.1, 0.15) is 5.56 Å². The lowest BCUT2D eigenvalue weighted by atomic mass is 10.2. The van der Waals surface area contributed by atoms with E-state index in [1.165, 1.54) is 7.11 Å². The van der Waals surface area contributed by atoms with Gasteiger partial charge in [-0.2, -0.15) is 0 Å². The first-order valence-electron chi connectivity index (χ1n) is 3.52. The van der Waals surface area contributed by atoms with Gasteiger partial charge in [0, 0.05) is 18.2 Å². The minimum atomic E-state index is -0.709. The molecule has 0 amide bonds. The van der Waals surface area contributed by atoms with E-state index >= 15 is 0 Å². The molecule has 0 unspecified atom stereocenters.